The van der Waals surface area contributed by atoms with Gasteiger partial charge in [-0.25, -0.2) is 4.39 Å². The number of hydrogen-bond acceptors (Lipinski definition) is 2. The van der Waals surface area contributed by atoms with Gasteiger partial charge in [-0.2, -0.15) is 5.10 Å². The van der Waals surface area contributed by atoms with E-state index in [1.165, 1.54) is 0 Å². The SMILES string of the molecule is CCNCc1ccc(-c2c(CC)nn(C)c2CC)c(F)c1. The van der Waals surface area contributed by atoms with Crippen molar-refractivity contribution in [2.45, 2.75) is 40.2 Å². The van der Waals surface area contributed by atoms with Gasteiger partial charge in [0.05, 0.1) is 5.69 Å². The van der Waals surface area contributed by atoms with Gasteiger partial charge in [-0.05, 0) is 31.0 Å². The zero-order valence-electron chi connectivity index (χ0n) is 13.3. The second-order valence-electron chi connectivity index (χ2n) is 5.19. The molecule has 2 aromatic rings. The smallest absolute Gasteiger partial charge is 0.131 e. The first-order chi connectivity index (χ1) is 10.1. The van der Waals surface area contributed by atoms with E-state index in [0.717, 1.165) is 41.9 Å². The Bertz CT molecular complexity index is 617. The molecule has 0 unspecified atom stereocenters. The maximum absolute atomic E-state index is 14.5. The lowest BCUT2D eigenvalue weighted by Crippen LogP contribution is -2.11. The van der Waals surface area contributed by atoms with Crippen LogP contribution in [-0.2, 0) is 26.4 Å². The first-order valence-corrected chi connectivity index (χ1v) is 7.66. The molecule has 3 nitrogen and oxygen atoms in total. The van der Waals surface area contributed by atoms with Gasteiger partial charge in [-0.15, -0.1) is 0 Å². The van der Waals surface area contributed by atoms with Gasteiger partial charge in [0.25, 0.3) is 0 Å². The molecule has 0 saturated carbocycles. The molecule has 0 aliphatic heterocycles. The van der Waals surface area contributed by atoms with Crippen molar-refractivity contribution in [1.29, 1.82) is 0 Å². The molecule has 0 amide bonds. The summed E-state index contributed by atoms with van der Waals surface area (Å²) in [7, 11) is 1.93. The number of hydrogen-bond donors (Lipinski definition) is 1. The van der Waals surface area contributed by atoms with Crippen molar-refractivity contribution in [3.05, 3.63) is 41.0 Å². The fourth-order valence-electron chi connectivity index (χ4n) is 2.72. The molecule has 4 heteroatoms. The average molecular weight is 289 g/mol. The lowest BCUT2D eigenvalue weighted by Gasteiger charge is -2.09. The van der Waals surface area contributed by atoms with Crippen LogP contribution in [0.25, 0.3) is 11.1 Å². The molecule has 1 aromatic carbocycles. The Hall–Kier alpha value is -1.68. The van der Waals surface area contributed by atoms with Crippen molar-refractivity contribution in [1.82, 2.24) is 15.1 Å². The standard InChI is InChI=1S/C17H24FN3/c1-5-15-17(16(6-2)21(4)20-15)13-9-8-12(10-14(13)18)11-19-7-3/h8-10,19H,5-7,11H2,1-4H3. The molecule has 0 saturated heterocycles. The third kappa shape index (κ3) is 3.16. The topological polar surface area (TPSA) is 29.9 Å². The van der Waals surface area contributed by atoms with E-state index in [1.807, 2.05) is 30.8 Å². The van der Waals surface area contributed by atoms with Gasteiger partial charge in [0.1, 0.15) is 5.82 Å². The average Bonchev–Trinajstić information content (AvgIpc) is 2.80. The van der Waals surface area contributed by atoms with Crippen LogP contribution in [0.3, 0.4) is 0 Å². The molecular formula is C17H24FN3. The van der Waals surface area contributed by atoms with Crippen molar-refractivity contribution >= 4 is 0 Å². The van der Waals surface area contributed by atoms with Gasteiger partial charge in [0.15, 0.2) is 0 Å². The van der Waals surface area contributed by atoms with Gasteiger partial charge in [-0.3, -0.25) is 4.68 Å². The minimum Gasteiger partial charge on any atom is -0.313 e. The molecule has 1 heterocycles. The predicted molar refractivity (Wildman–Crippen MR) is 84.7 cm³/mol. The van der Waals surface area contributed by atoms with E-state index < -0.39 is 0 Å². The number of halogens is 1. The fraction of sp³-hybridized carbons (Fsp3) is 0.471. The van der Waals surface area contributed by atoms with Crippen molar-refractivity contribution in [3.63, 3.8) is 0 Å². The van der Waals surface area contributed by atoms with E-state index in [-0.39, 0.29) is 5.82 Å². The Balaban J connectivity index is 2.47. The van der Waals surface area contributed by atoms with Gasteiger partial charge in [-0.1, -0.05) is 32.9 Å². The maximum Gasteiger partial charge on any atom is 0.131 e. The summed E-state index contributed by atoms with van der Waals surface area (Å²) < 4.78 is 16.4. The summed E-state index contributed by atoms with van der Waals surface area (Å²) in [5.41, 5.74) is 4.66. The Kier molecular flexibility index (Phi) is 5.12. The summed E-state index contributed by atoms with van der Waals surface area (Å²) in [5, 5.41) is 7.74. The molecule has 0 aliphatic rings. The summed E-state index contributed by atoms with van der Waals surface area (Å²) in [6.45, 7) is 7.76. The normalized spacial score (nSPS) is 11.1. The molecule has 114 valence electrons. The van der Waals surface area contributed by atoms with E-state index in [1.54, 1.807) is 6.07 Å². The van der Waals surface area contributed by atoms with Crippen LogP contribution in [-0.4, -0.2) is 16.3 Å². The summed E-state index contributed by atoms with van der Waals surface area (Å²) in [6, 6.07) is 5.51. The number of aryl methyl sites for hydroxylation is 2. The first kappa shape index (κ1) is 15.7. The molecule has 0 spiro atoms. The monoisotopic (exact) mass is 289 g/mol. The number of nitrogens with zero attached hydrogens (tertiary/aromatic N) is 2. The zero-order valence-corrected chi connectivity index (χ0v) is 13.3. The largest absolute Gasteiger partial charge is 0.313 e. The summed E-state index contributed by atoms with van der Waals surface area (Å²) in [6.07, 6.45) is 1.65. The Labute approximate surface area is 126 Å². The lowest BCUT2D eigenvalue weighted by atomic mass is 9.98. The minimum absolute atomic E-state index is 0.164. The molecule has 0 radical (unpaired) electrons. The van der Waals surface area contributed by atoms with E-state index in [0.29, 0.717) is 12.1 Å². The van der Waals surface area contributed by atoms with Crippen LogP contribution in [0.4, 0.5) is 4.39 Å². The van der Waals surface area contributed by atoms with Crippen molar-refractivity contribution < 1.29 is 4.39 Å². The van der Waals surface area contributed by atoms with Crippen LogP contribution in [0.2, 0.25) is 0 Å². The number of rotatable bonds is 6. The van der Waals surface area contributed by atoms with E-state index in [9.17, 15) is 4.39 Å². The zero-order chi connectivity index (χ0) is 15.4. The van der Waals surface area contributed by atoms with Crippen molar-refractivity contribution in [3.8, 4) is 11.1 Å². The molecule has 1 aromatic heterocycles. The van der Waals surface area contributed by atoms with Crippen LogP contribution in [0.1, 0.15) is 37.7 Å². The van der Waals surface area contributed by atoms with Crippen LogP contribution < -0.4 is 5.32 Å². The quantitative estimate of drug-likeness (QED) is 0.882. The predicted octanol–water partition coefficient (Wildman–Crippen LogP) is 3.46. The Morgan fingerprint density at radius 3 is 2.52 bits per heavy atom. The van der Waals surface area contributed by atoms with E-state index in [2.05, 4.69) is 24.3 Å². The highest BCUT2D eigenvalue weighted by atomic mass is 19.1. The molecule has 1 N–H and O–H groups in total. The fourth-order valence-corrected chi connectivity index (χ4v) is 2.72. The van der Waals surface area contributed by atoms with Crippen LogP contribution in [0.5, 0.6) is 0 Å². The second kappa shape index (κ2) is 6.85. The number of nitrogens with one attached hydrogen (secondary N) is 1. The highest BCUT2D eigenvalue weighted by molar-refractivity contribution is 5.70. The molecule has 2 rings (SSSR count). The molecular weight excluding hydrogens is 265 g/mol. The summed E-state index contributed by atoms with van der Waals surface area (Å²) >= 11 is 0. The highest BCUT2D eigenvalue weighted by Gasteiger charge is 2.18. The Morgan fingerprint density at radius 1 is 1.19 bits per heavy atom. The first-order valence-electron chi connectivity index (χ1n) is 7.66. The van der Waals surface area contributed by atoms with Gasteiger partial charge < -0.3 is 5.32 Å². The molecule has 0 atom stereocenters. The van der Waals surface area contributed by atoms with Crippen LogP contribution >= 0.6 is 0 Å². The molecule has 0 aliphatic carbocycles. The molecule has 0 bridgehead atoms. The van der Waals surface area contributed by atoms with Gasteiger partial charge >= 0.3 is 0 Å². The third-order valence-electron chi connectivity index (χ3n) is 3.79. The number of benzene rings is 1. The van der Waals surface area contributed by atoms with Crippen LogP contribution in [0, 0.1) is 5.82 Å². The number of aromatic nitrogens is 2. The maximum atomic E-state index is 14.5. The second-order valence-corrected chi connectivity index (χ2v) is 5.19. The highest BCUT2D eigenvalue weighted by Crippen LogP contribution is 2.31. The summed E-state index contributed by atoms with van der Waals surface area (Å²) in [5.74, 6) is -0.164. The van der Waals surface area contributed by atoms with Crippen molar-refractivity contribution in [2.75, 3.05) is 6.54 Å². The minimum atomic E-state index is -0.164. The van der Waals surface area contributed by atoms with E-state index >= 15 is 0 Å². The molecule has 21 heavy (non-hydrogen) atoms. The van der Waals surface area contributed by atoms with E-state index in [4.69, 9.17) is 0 Å². The third-order valence-corrected chi connectivity index (χ3v) is 3.79. The lowest BCUT2D eigenvalue weighted by molar-refractivity contribution is 0.625. The van der Waals surface area contributed by atoms with Crippen molar-refractivity contribution in [2.24, 2.45) is 7.05 Å². The van der Waals surface area contributed by atoms with Gasteiger partial charge in [0.2, 0.25) is 0 Å². The Morgan fingerprint density at radius 2 is 1.95 bits per heavy atom. The summed E-state index contributed by atoms with van der Waals surface area (Å²) in [4.78, 5) is 0. The molecule has 0 fully saturated rings. The van der Waals surface area contributed by atoms with Gasteiger partial charge in [0, 0.05) is 30.4 Å². The van der Waals surface area contributed by atoms with Crippen LogP contribution in [0.15, 0.2) is 18.2 Å².